The van der Waals surface area contributed by atoms with E-state index in [1.165, 1.54) is 22.0 Å². The highest BCUT2D eigenvalue weighted by atomic mass is 32.2. The van der Waals surface area contributed by atoms with Crippen LogP contribution in [0.3, 0.4) is 0 Å². The van der Waals surface area contributed by atoms with Gasteiger partial charge in [0, 0.05) is 5.56 Å². The maximum absolute atomic E-state index is 12.6. The van der Waals surface area contributed by atoms with Crippen LogP contribution in [0.1, 0.15) is 33.3 Å². The molecule has 30 heavy (non-hydrogen) atoms. The normalized spacial score (nSPS) is 12.4. The first kappa shape index (κ1) is 21.7. The summed E-state index contributed by atoms with van der Waals surface area (Å²) >= 11 is 1.25. The number of anilines is 1. The number of carbonyl (C=O) groups excluding carboxylic acids is 1. The number of amides is 1. The Morgan fingerprint density at radius 2 is 1.80 bits per heavy atom. The summed E-state index contributed by atoms with van der Waals surface area (Å²) in [4.78, 5) is 12.6. The van der Waals surface area contributed by atoms with Crippen molar-refractivity contribution in [2.75, 3.05) is 18.3 Å². The maximum Gasteiger partial charge on any atom is 0.237 e. The number of nitrogens with two attached hydrogens (primary N) is 1. The second-order valence-electron chi connectivity index (χ2n) is 7.95. The van der Waals surface area contributed by atoms with Crippen LogP contribution < -0.4 is 15.9 Å². The molecule has 7 nitrogen and oxygen atoms in total. The average Bonchev–Trinajstić information content (AvgIpc) is 3.08. The molecular formula is C22H27N5O2S. The van der Waals surface area contributed by atoms with Crippen molar-refractivity contribution < 1.29 is 9.53 Å². The average molecular weight is 426 g/mol. The molecule has 0 spiro atoms. The second-order valence-corrected chi connectivity index (χ2v) is 9.26. The molecule has 3 aromatic rings. The molecule has 1 heterocycles. The summed E-state index contributed by atoms with van der Waals surface area (Å²) in [5.41, 5.74) is 2.79. The standard InChI is InChI=1S/C22H27N5O2S/c1-14(20(28)24-17-8-6-7-9-18(17)29-5)30-21-26-25-19(27(21)23)15-10-12-16(13-11-15)22(2,3)4/h6-14H,23H2,1-5H3,(H,24,28)/t14-/m0/s1. The number of ether oxygens (including phenoxy) is 1. The number of rotatable bonds is 6. The third-order valence-corrected chi connectivity index (χ3v) is 5.75. The Morgan fingerprint density at radius 3 is 2.43 bits per heavy atom. The molecule has 0 unspecified atom stereocenters. The zero-order valence-corrected chi connectivity index (χ0v) is 18.7. The van der Waals surface area contributed by atoms with E-state index in [1.807, 2.05) is 24.3 Å². The molecule has 3 N–H and O–H groups in total. The fourth-order valence-corrected chi connectivity index (χ4v) is 3.64. The zero-order chi connectivity index (χ0) is 21.9. The van der Waals surface area contributed by atoms with Gasteiger partial charge in [0.25, 0.3) is 0 Å². The number of aromatic nitrogens is 3. The van der Waals surface area contributed by atoms with Gasteiger partial charge in [-0.15, -0.1) is 10.2 Å². The van der Waals surface area contributed by atoms with Crippen molar-refractivity contribution in [1.82, 2.24) is 14.9 Å². The first-order chi connectivity index (χ1) is 14.2. The maximum atomic E-state index is 12.6. The molecule has 3 rings (SSSR count). The number of nitrogens with one attached hydrogen (secondary N) is 1. The summed E-state index contributed by atoms with van der Waals surface area (Å²) in [5.74, 6) is 7.20. The summed E-state index contributed by atoms with van der Waals surface area (Å²) < 4.78 is 6.70. The molecule has 0 bridgehead atoms. The minimum atomic E-state index is -0.433. The van der Waals surface area contributed by atoms with Crippen LogP contribution in [0.2, 0.25) is 0 Å². The van der Waals surface area contributed by atoms with Crippen LogP contribution in [0.25, 0.3) is 11.4 Å². The Labute approximate surface area is 181 Å². The van der Waals surface area contributed by atoms with Gasteiger partial charge in [-0.05, 0) is 30.0 Å². The topological polar surface area (TPSA) is 95.1 Å². The lowest BCUT2D eigenvalue weighted by Crippen LogP contribution is -2.24. The molecule has 0 saturated carbocycles. The number of thioether (sulfide) groups is 1. The van der Waals surface area contributed by atoms with Crippen LogP contribution >= 0.6 is 11.8 Å². The molecule has 0 fully saturated rings. The molecule has 2 aromatic carbocycles. The van der Waals surface area contributed by atoms with E-state index in [1.54, 1.807) is 26.2 Å². The second kappa shape index (κ2) is 8.79. The highest BCUT2D eigenvalue weighted by molar-refractivity contribution is 8.00. The van der Waals surface area contributed by atoms with Crippen molar-refractivity contribution in [3.05, 3.63) is 54.1 Å². The highest BCUT2D eigenvalue weighted by Gasteiger charge is 2.21. The summed E-state index contributed by atoms with van der Waals surface area (Å²) in [6, 6.07) is 15.4. The molecule has 1 atom stereocenters. The summed E-state index contributed by atoms with van der Waals surface area (Å²) in [6.45, 7) is 8.29. The first-order valence-corrected chi connectivity index (χ1v) is 10.5. The SMILES string of the molecule is COc1ccccc1NC(=O)[C@H](C)Sc1nnc(-c2ccc(C(C)(C)C)cc2)n1N. The molecule has 0 aliphatic carbocycles. The number of hydrogen-bond donors (Lipinski definition) is 2. The zero-order valence-electron chi connectivity index (χ0n) is 17.8. The lowest BCUT2D eigenvalue weighted by atomic mass is 9.87. The van der Waals surface area contributed by atoms with E-state index in [9.17, 15) is 4.79 Å². The summed E-state index contributed by atoms with van der Waals surface area (Å²) in [5, 5.41) is 11.3. The summed E-state index contributed by atoms with van der Waals surface area (Å²) in [6.07, 6.45) is 0. The first-order valence-electron chi connectivity index (χ1n) is 9.62. The monoisotopic (exact) mass is 425 g/mol. The van der Waals surface area contributed by atoms with Crippen LogP contribution in [-0.2, 0) is 10.2 Å². The van der Waals surface area contributed by atoms with Gasteiger partial charge >= 0.3 is 0 Å². The van der Waals surface area contributed by atoms with E-state index in [2.05, 4.69) is 48.4 Å². The Hall–Kier alpha value is -3.00. The van der Waals surface area contributed by atoms with Crippen molar-refractivity contribution in [1.29, 1.82) is 0 Å². The van der Waals surface area contributed by atoms with E-state index in [0.717, 1.165) is 5.56 Å². The van der Waals surface area contributed by atoms with Crippen molar-refractivity contribution >= 4 is 23.4 Å². The largest absolute Gasteiger partial charge is 0.495 e. The molecule has 0 aliphatic rings. The van der Waals surface area contributed by atoms with Gasteiger partial charge in [0.15, 0.2) is 5.82 Å². The number of para-hydroxylation sites is 2. The number of benzene rings is 2. The Balaban J connectivity index is 1.72. The fourth-order valence-electron chi connectivity index (χ4n) is 2.87. The van der Waals surface area contributed by atoms with Crippen LogP contribution in [0, 0.1) is 0 Å². The Bertz CT molecular complexity index is 1020. The van der Waals surface area contributed by atoms with Gasteiger partial charge in [0.2, 0.25) is 11.1 Å². The van der Waals surface area contributed by atoms with Crippen molar-refractivity contribution in [3.63, 3.8) is 0 Å². The fraction of sp³-hybridized carbons (Fsp3) is 0.318. The molecule has 1 aromatic heterocycles. The van der Waals surface area contributed by atoms with Crippen molar-refractivity contribution in [2.24, 2.45) is 0 Å². The molecule has 0 saturated heterocycles. The lowest BCUT2D eigenvalue weighted by Gasteiger charge is -2.19. The van der Waals surface area contributed by atoms with Crippen LogP contribution in [0.4, 0.5) is 5.69 Å². The number of hydrogen-bond acceptors (Lipinski definition) is 6. The van der Waals surface area contributed by atoms with Crippen molar-refractivity contribution in [3.8, 4) is 17.1 Å². The van der Waals surface area contributed by atoms with Gasteiger partial charge in [-0.25, -0.2) is 4.68 Å². The van der Waals surface area contributed by atoms with E-state index in [4.69, 9.17) is 10.6 Å². The summed E-state index contributed by atoms with van der Waals surface area (Å²) in [7, 11) is 1.57. The third-order valence-electron chi connectivity index (χ3n) is 4.69. The molecule has 1 amide bonds. The minimum absolute atomic E-state index is 0.0696. The molecule has 158 valence electrons. The van der Waals surface area contributed by atoms with E-state index in [0.29, 0.717) is 22.4 Å². The lowest BCUT2D eigenvalue weighted by molar-refractivity contribution is -0.115. The predicted molar refractivity (Wildman–Crippen MR) is 121 cm³/mol. The number of nitrogens with zero attached hydrogens (tertiary/aromatic N) is 3. The van der Waals surface area contributed by atoms with Gasteiger partial charge in [-0.3, -0.25) is 4.79 Å². The third kappa shape index (κ3) is 4.76. The van der Waals surface area contributed by atoms with Crippen LogP contribution in [0.5, 0.6) is 5.75 Å². The van der Waals surface area contributed by atoms with Gasteiger partial charge in [0.05, 0.1) is 18.0 Å². The number of carbonyl (C=O) groups is 1. The van der Waals surface area contributed by atoms with E-state index in [-0.39, 0.29) is 11.3 Å². The van der Waals surface area contributed by atoms with Crippen molar-refractivity contribution in [2.45, 2.75) is 43.5 Å². The highest BCUT2D eigenvalue weighted by Crippen LogP contribution is 2.29. The molecule has 8 heteroatoms. The predicted octanol–water partition coefficient (Wildman–Crippen LogP) is 4.08. The molecule has 0 aliphatic heterocycles. The van der Waals surface area contributed by atoms with E-state index < -0.39 is 5.25 Å². The molecular weight excluding hydrogens is 398 g/mol. The quantitative estimate of drug-likeness (QED) is 0.456. The molecule has 0 radical (unpaired) electrons. The van der Waals surface area contributed by atoms with Gasteiger partial charge in [-0.2, -0.15) is 0 Å². The minimum Gasteiger partial charge on any atom is -0.495 e. The smallest absolute Gasteiger partial charge is 0.237 e. The Morgan fingerprint density at radius 1 is 1.13 bits per heavy atom. The number of nitrogen functional groups attached to an aromatic ring is 1. The Kier molecular flexibility index (Phi) is 6.36. The van der Waals surface area contributed by atoms with Gasteiger partial charge < -0.3 is 15.9 Å². The van der Waals surface area contributed by atoms with Gasteiger partial charge in [0.1, 0.15) is 5.75 Å². The van der Waals surface area contributed by atoms with Crippen LogP contribution in [-0.4, -0.2) is 33.1 Å². The number of methoxy groups -OCH3 is 1. The van der Waals surface area contributed by atoms with Crippen LogP contribution in [0.15, 0.2) is 53.7 Å². The van der Waals surface area contributed by atoms with Gasteiger partial charge in [-0.1, -0.05) is 68.9 Å². The van der Waals surface area contributed by atoms with E-state index >= 15 is 0 Å².